The maximum Gasteiger partial charge on any atom is 0.407 e. The molecule has 0 spiro atoms. The van der Waals surface area contributed by atoms with Crippen molar-refractivity contribution in [3.8, 4) is 0 Å². The van der Waals surface area contributed by atoms with Crippen molar-refractivity contribution in [3.05, 3.63) is 120 Å². The molecular weight excluding hydrogens is 658 g/mol. The van der Waals surface area contributed by atoms with Crippen LogP contribution in [0.15, 0.2) is 103 Å². The van der Waals surface area contributed by atoms with Crippen LogP contribution >= 0.6 is 0 Å². The minimum atomic E-state index is -0.652. The zero-order chi connectivity index (χ0) is 36.8. The average molecular weight is 712 g/mol. The van der Waals surface area contributed by atoms with Gasteiger partial charge in [-0.2, -0.15) is 0 Å². The number of cyclic esters (lactones) is 1. The molecule has 0 aliphatic carbocycles. The Balaban J connectivity index is 1.36. The van der Waals surface area contributed by atoms with Crippen molar-refractivity contribution >= 4 is 23.9 Å². The van der Waals surface area contributed by atoms with E-state index in [1.807, 2.05) is 103 Å². The Labute approximate surface area is 307 Å². The van der Waals surface area contributed by atoms with Crippen LogP contribution in [0, 0.1) is 11.8 Å². The lowest BCUT2D eigenvalue weighted by molar-refractivity contribution is -0.150. The number of amides is 3. The first-order valence-corrected chi connectivity index (χ1v) is 18.4. The van der Waals surface area contributed by atoms with Crippen LogP contribution in [0.25, 0.3) is 0 Å². The molecule has 3 aromatic rings. The van der Waals surface area contributed by atoms with Gasteiger partial charge in [0.05, 0.1) is 30.5 Å². The molecular formula is C42H53N3O7. The van der Waals surface area contributed by atoms with Crippen LogP contribution in [-0.2, 0) is 43.3 Å². The molecule has 278 valence electrons. The van der Waals surface area contributed by atoms with Crippen molar-refractivity contribution in [1.29, 1.82) is 0 Å². The second kappa shape index (κ2) is 22.8. The predicted octanol–water partition coefficient (Wildman–Crippen LogP) is 5.83. The van der Waals surface area contributed by atoms with E-state index in [0.717, 1.165) is 29.5 Å². The number of esters is 1. The number of benzene rings is 3. The Hall–Kier alpha value is -4.96. The Morgan fingerprint density at radius 3 is 2.23 bits per heavy atom. The minimum Gasteiger partial charge on any atom is -0.463 e. The third kappa shape index (κ3) is 15.1. The van der Waals surface area contributed by atoms with E-state index in [9.17, 15) is 24.3 Å². The molecule has 52 heavy (non-hydrogen) atoms. The topological polar surface area (TPSA) is 143 Å². The molecule has 4 rings (SSSR count). The predicted molar refractivity (Wildman–Crippen MR) is 200 cm³/mol. The number of nitrogens with one attached hydrogen (secondary N) is 3. The Kier molecular flexibility index (Phi) is 17.4. The Bertz CT molecular complexity index is 1530. The fraction of sp³-hybridized carbons (Fsp3) is 0.429. The van der Waals surface area contributed by atoms with Gasteiger partial charge in [-0.1, -0.05) is 103 Å². The van der Waals surface area contributed by atoms with Gasteiger partial charge in [0, 0.05) is 13.0 Å². The van der Waals surface area contributed by atoms with E-state index >= 15 is 0 Å². The number of rotatable bonds is 15. The molecule has 3 amide bonds. The van der Waals surface area contributed by atoms with Gasteiger partial charge in [0.1, 0.15) is 13.2 Å². The monoisotopic (exact) mass is 711 g/mol. The molecule has 10 nitrogen and oxygen atoms in total. The molecule has 1 heterocycles. The van der Waals surface area contributed by atoms with Crippen LogP contribution < -0.4 is 16.0 Å². The van der Waals surface area contributed by atoms with Crippen LogP contribution in [-0.4, -0.2) is 60.8 Å². The van der Waals surface area contributed by atoms with Crippen LogP contribution in [0.1, 0.15) is 68.1 Å². The van der Waals surface area contributed by atoms with Gasteiger partial charge in [0.2, 0.25) is 11.8 Å². The normalized spacial score (nSPS) is 19.0. The highest BCUT2D eigenvalue weighted by Gasteiger charge is 2.27. The van der Waals surface area contributed by atoms with Crippen molar-refractivity contribution in [2.24, 2.45) is 11.8 Å². The maximum absolute atomic E-state index is 13.7. The fourth-order valence-electron chi connectivity index (χ4n) is 6.21. The molecule has 0 saturated carbocycles. The van der Waals surface area contributed by atoms with E-state index < -0.39 is 24.1 Å². The largest absolute Gasteiger partial charge is 0.463 e. The van der Waals surface area contributed by atoms with E-state index in [4.69, 9.17) is 9.47 Å². The number of carbonyl (C=O) groups excluding carboxylic acids is 4. The van der Waals surface area contributed by atoms with Crippen molar-refractivity contribution in [2.45, 2.75) is 82.9 Å². The molecule has 1 aliphatic heterocycles. The number of carbonyl (C=O) groups is 4. The Morgan fingerprint density at radius 1 is 0.865 bits per heavy atom. The Morgan fingerprint density at radius 2 is 1.54 bits per heavy atom. The van der Waals surface area contributed by atoms with E-state index in [1.165, 1.54) is 0 Å². The third-order valence-corrected chi connectivity index (χ3v) is 9.12. The van der Waals surface area contributed by atoms with E-state index in [0.29, 0.717) is 51.5 Å². The average Bonchev–Trinajstić information content (AvgIpc) is 3.16. The molecule has 3 aromatic carbocycles. The summed E-state index contributed by atoms with van der Waals surface area (Å²) in [5, 5.41) is 18.7. The molecule has 4 N–H and O–H groups in total. The number of hydrogen-bond donors (Lipinski definition) is 4. The highest BCUT2D eigenvalue weighted by molar-refractivity contribution is 5.86. The summed E-state index contributed by atoms with van der Waals surface area (Å²) < 4.78 is 11.2. The summed E-state index contributed by atoms with van der Waals surface area (Å²) in [6, 6.07) is 28.0. The highest BCUT2D eigenvalue weighted by atomic mass is 16.5. The first-order chi connectivity index (χ1) is 25.4. The van der Waals surface area contributed by atoms with Gasteiger partial charge in [0.25, 0.3) is 0 Å². The van der Waals surface area contributed by atoms with Crippen molar-refractivity contribution in [3.63, 3.8) is 0 Å². The van der Waals surface area contributed by atoms with Gasteiger partial charge in [-0.25, -0.2) is 4.79 Å². The number of alkyl carbamates (subject to hydrolysis) is 1. The lowest BCUT2D eigenvalue weighted by Gasteiger charge is -2.24. The number of hydrogen-bond acceptors (Lipinski definition) is 7. The number of aliphatic hydroxyl groups excluding tert-OH is 1. The quantitative estimate of drug-likeness (QED) is 0.0884. The lowest BCUT2D eigenvalue weighted by Crippen LogP contribution is -2.45. The van der Waals surface area contributed by atoms with Gasteiger partial charge in [-0.3, -0.25) is 14.4 Å². The van der Waals surface area contributed by atoms with Crippen LogP contribution in [0.3, 0.4) is 0 Å². The van der Waals surface area contributed by atoms with Crippen LogP contribution in [0.4, 0.5) is 4.79 Å². The molecule has 0 radical (unpaired) electrons. The smallest absolute Gasteiger partial charge is 0.407 e. The molecule has 0 unspecified atom stereocenters. The zero-order valence-electron chi connectivity index (χ0n) is 29.9. The van der Waals surface area contributed by atoms with Crippen molar-refractivity contribution in [1.82, 2.24) is 16.0 Å². The van der Waals surface area contributed by atoms with E-state index in [2.05, 4.69) is 16.0 Å². The zero-order valence-corrected chi connectivity index (χ0v) is 29.9. The number of ether oxygens (including phenoxy) is 2. The van der Waals surface area contributed by atoms with Crippen LogP contribution in [0.5, 0.6) is 0 Å². The first-order valence-electron chi connectivity index (χ1n) is 18.4. The van der Waals surface area contributed by atoms with Gasteiger partial charge < -0.3 is 30.5 Å². The van der Waals surface area contributed by atoms with Gasteiger partial charge in [-0.15, -0.1) is 0 Å². The summed E-state index contributed by atoms with van der Waals surface area (Å²) in [5.41, 5.74) is 2.95. The molecule has 0 saturated heterocycles. The first kappa shape index (κ1) is 39.8. The second-order valence-electron chi connectivity index (χ2n) is 13.4. The summed E-state index contributed by atoms with van der Waals surface area (Å²) in [7, 11) is 0. The summed E-state index contributed by atoms with van der Waals surface area (Å²) >= 11 is 0. The lowest BCUT2D eigenvalue weighted by atomic mass is 9.93. The molecule has 0 aromatic heterocycles. The maximum atomic E-state index is 13.7. The van der Waals surface area contributed by atoms with Gasteiger partial charge >= 0.3 is 12.1 Å². The summed E-state index contributed by atoms with van der Waals surface area (Å²) in [5.74, 6) is -1.88. The molecule has 10 heteroatoms. The molecule has 1 aliphatic rings. The van der Waals surface area contributed by atoms with Gasteiger partial charge in [0.15, 0.2) is 0 Å². The molecule has 4 atom stereocenters. The van der Waals surface area contributed by atoms with Crippen molar-refractivity contribution < 1.29 is 33.8 Å². The van der Waals surface area contributed by atoms with Gasteiger partial charge in [-0.05, 0) is 74.5 Å². The summed E-state index contributed by atoms with van der Waals surface area (Å²) in [6.45, 7) is 0.339. The fourth-order valence-corrected chi connectivity index (χ4v) is 6.21. The van der Waals surface area contributed by atoms with Crippen molar-refractivity contribution in [2.75, 3.05) is 19.8 Å². The summed E-state index contributed by atoms with van der Waals surface area (Å²) in [6.07, 6.45) is 8.75. The SMILES string of the molecule is O=C(C[C@H]1CC=CCCC[C@H](Cc2ccccc2)C(=O)OC[C@H](CCCCNC(=O)OCc2ccccc2)NC1=O)N[C@H](CO)Cc1ccccc1. The van der Waals surface area contributed by atoms with Crippen LogP contribution in [0.2, 0.25) is 0 Å². The molecule has 0 bridgehead atoms. The molecule has 0 fully saturated rings. The van der Waals surface area contributed by atoms with E-state index in [1.54, 1.807) is 0 Å². The second-order valence-corrected chi connectivity index (χ2v) is 13.4. The highest BCUT2D eigenvalue weighted by Crippen LogP contribution is 2.20. The third-order valence-electron chi connectivity index (χ3n) is 9.12. The number of allylic oxidation sites excluding steroid dienone is 2. The minimum absolute atomic E-state index is 0.000820. The number of aliphatic hydroxyl groups is 1. The number of unbranched alkanes of at least 4 members (excludes halogenated alkanes) is 1. The van der Waals surface area contributed by atoms with E-state index in [-0.39, 0.29) is 49.9 Å². The summed E-state index contributed by atoms with van der Waals surface area (Å²) in [4.78, 5) is 52.5. The standard InChI is InChI=1S/C42H53N3O7/c46-29-38(27-33-18-8-4-9-19-33)44-39(47)28-35-22-12-1-2-13-23-36(26-32-16-6-3-7-17-32)41(49)51-31-37(45-40(35)48)24-14-15-25-43-42(50)52-30-34-20-10-5-11-21-34/h1,3-12,16-21,35-38,46H,2,13-15,22-31H2,(H,43,50)(H,44,47)(H,45,48)/t35-,36-,37+,38+/m1/s1.